The van der Waals surface area contributed by atoms with Gasteiger partial charge in [-0.3, -0.25) is 4.79 Å². The molecule has 8 heteroatoms. The predicted molar refractivity (Wildman–Crippen MR) is 94.0 cm³/mol. The van der Waals surface area contributed by atoms with Gasteiger partial charge < -0.3 is 10.1 Å². The second kappa shape index (κ2) is 7.56. The number of nitrogens with one attached hydrogen (secondary N) is 1. The highest BCUT2D eigenvalue weighted by molar-refractivity contribution is 6.01. The molecule has 2 aromatic carbocycles. The number of amides is 1. The Morgan fingerprint density at radius 3 is 2.58 bits per heavy atom. The standard InChI is InChI=1S/C18H17N5O3/c1-12-3-8-16(15(9-12)18(25)26-2)20-17(24)10-13-4-6-14(7-5-13)23-11-19-21-22-23/h3-9,11H,10H2,1-2H3,(H,20,24). The molecule has 0 fully saturated rings. The molecule has 1 amide bonds. The zero-order valence-corrected chi connectivity index (χ0v) is 14.3. The first-order valence-electron chi connectivity index (χ1n) is 7.88. The van der Waals surface area contributed by atoms with Gasteiger partial charge in [0, 0.05) is 0 Å². The molecular formula is C18H17N5O3. The number of tetrazole rings is 1. The molecule has 1 heterocycles. The van der Waals surface area contributed by atoms with Crippen molar-refractivity contribution in [2.24, 2.45) is 0 Å². The number of aromatic nitrogens is 4. The fourth-order valence-corrected chi connectivity index (χ4v) is 2.47. The Morgan fingerprint density at radius 2 is 1.92 bits per heavy atom. The maximum Gasteiger partial charge on any atom is 0.339 e. The Morgan fingerprint density at radius 1 is 1.15 bits per heavy atom. The fourth-order valence-electron chi connectivity index (χ4n) is 2.47. The summed E-state index contributed by atoms with van der Waals surface area (Å²) in [4.78, 5) is 24.2. The minimum absolute atomic E-state index is 0.171. The summed E-state index contributed by atoms with van der Waals surface area (Å²) in [6, 6.07) is 12.5. The van der Waals surface area contributed by atoms with Gasteiger partial charge in [0.2, 0.25) is 5.91 Å². The monoisotopic (exact) mass is 351 g/mol. The zero-order chi connectivity index (χ0) is 18.5. The lowest BCUT2D eigenvalue weighted by Crippen LogP contribution is -2.17. The van der Waals surface area contributed by atoms with E-state index in [2.05, 4.69) is 20.8 Å². The number of anilines is 1. The smallest absolute Gasteiger partial charge is 0.339 e. The van der Waals surface area contributed by atoms with Crippen LogP contribution >= 0.6 is 0 Å². The van der Waals surface area contributed by atoms with Crippen molar-refractivity contribution in [1.29, 1.82) is 0 Å². The number of carbonyl (C=O) groups excluding carboxylic acids is 2. The van der Waals surface area contributed by atoms with E-state index in [0.717, 1.165) is 16.8 Å². The molecule has 132 valence electrons. The number of rotatable bonds is 5. The van der Waals surface area contributed by atoms with Crippen LogP contribution in [0.5, 0.6) is 0 Å². The van der Waals surface area contributed by atoms with Crippen LogP contribution < -0.4 is 5.32 Å². The molecule has 0 aliphatic rings. The summed E-state index contributed by atoms with van der Waals surface area (Å²) in [5, 5.41) is 13.7. The lowest BCUT2D eigenvalue weighted by molar-refractivity contribution is -0.115. The molecule has 0 atom stereocenters. The largest absolute Gasteiger partial charge is 0.465 e. The second-order valence-electron chi connectivity index (χ2n) is 5.69. The predicted octanol–water partition coefficient (Wildman–Crippen LogP) is 1.94. The number of aryl methyl sites for hydroxylation is 1. The van der Waals surface area contributed by atoms with E-state index in [0.29, 0.717) is 11.3 Å². The topological polar surface area (TPSA) is 99.0 Å². The van der Waals surface area contributed by atoms with Gasteiger partial charge in [-0.05, 0) is 47.2 Å². The normalized spacial score (nSPS) is 10.4. The van der Waals surface area contributed by atoms with E-state index in [1.54, 1.807) is 12.1 Å². The minimum atomic E-state index is -0.491. The van der Waals surface area contributed by atoms with Gasteiger partial charge in [0.1, 0.15) is 6.33 Å². The summed E-state index contributed by atoms with van der Waals surface area (Å²) in [6.45, 7) is 1.87. The molecule has 0 aliphatic heterocycles. The van der Waals surface area contributed by atoms with Crippen LogP contribution in [0.1, 0.15) is 21.5 Å². The molecular weight excluding hydrogens is 334 g/mol. The second-order valence-corrected chi connectivity index (χ2v) is 5.69. The van der Waals surface area contributed by atoms with Gasteiger partial charge in [0.15, 0.2) is 0 Å². The Kier molecular flexibility index (Phi) is 5.02. The molecule has 1 N–H and O–H groups in total. The summed E-state index contributed by atoms with van der Waals surface area (Å²) >= 11 is 0. The number of hydrogen-bond acceptors (Lipinski definition) is 6. The van der Waals surface area contributed by atoms with Crippen molar-refractivity contribution in [1.82, 2.24) is 20.2 Å². The molecule has 0 radical (unpaired) electrons. The molecule has 26 heavy (non-hydrogen) atoms. The van der Waals surface area contributed by atoms with E-state index in [9.17, 15) is 9.59 Å². The van der Waals surface area contributed by atoms with Gasteiger partial charge in [-0.15, -0.1) is 5.10 Å². The number of carbonyl (C=O) groups is 2. The average Bonchev–Trinajstić information content (AvgIpc) is 3.18. The van der Waals surface area contributed by atoms with Gasteiger partial charge in [-0.25, -0.2) is 9.48 Å². The molecule has 3 aromatic rings. The third-order valence-corrected chi connectivity index (χ3v) is 3.77. The Hall–Kier alpha value is -3.55. The Labute approximate surface area is 149 Å². The Balaban J connectivity index is 1.70. The third-order valence-electron chi connectivity index (χ3n) is 3.77. The van der Waals surface area contributed by atoms with E-state index in [1.807, 2.05) is 37.3 Å². The molecule has 0 aliphatic carbocycles. The lowest BCUT2D eigenvalue weighted by Gasteiger charge is -2.11. The van der Waals surface area contributed by atoms with E-state index in [-0.39, 0.29) is 12.3 Å². The van der Waals surface area contributed by atoms with Gasteiger partial charge in [-0.1, -0.05) is 23.8 Å². The van der Waals surface area contributed by atoms with Gasteiger partial charge >= 0.3 is 5.97 Å². The number of nitrogens with zero attached hydrogens (tertiary/aromatic N) is 4. The molecule has 1 aromatic heterocycles. The maximum atomic E-state index is 12.3. The minimum Gasteiger partial charge on any atom is -0.465 e. The van der Waals surface area contributed by atoms with Crippen LogP contribution in [0.4, 0.5) is 5.69 Å². The highest BCUT2D eigenvalue weighted by Gasteiger charge is 2.14. The maximum absolute atomic E-state index is 12.3. The molecule has 0 saturated carbocycles. The van der Waals surface area contributed by atoms with Crippen molar-refractivity contribution >= 4 is 17.6 Å². The first kappa shape index (κ1) is 17.3. The van der Waals surface area contributed by atoms with Crippen molar-refractivity contribution in [3.05, 3.63) is 65.5 Å². The van der Waals surface area contributed by atoms with Crippen molar-refractivity contribution in [2.45, 2.75) is 13.3 Å². The van der Waals surface area contributed by atoms with E-state index in [1.165, 1.54) is 18.1 Å². The summed E-state index contributed by atoms with van der Waals surface area (Å²) in [5.41, 5.74) is 3.28. The molecule has 0 spiro atoms. The summed E-state index contributed by atoms with van der Waals surface area (Å²) in [6.07, 6.45) is 1.66. The highest BCUT2D eigenvalue weighted by atomic mass is 16.5. The van der Waals surface area contributed by atoms with Crippen LogP contribution in [-0.2, 0) is 16.0 Å². The number of esters is 1. The van der Waals surface area contributed by atoms with Gasteiger partial charge in [0.05, 0.1) is 30.5 Å². The van der Waals surface area contributed by atoms with E-state index < -0.39 is 5.97 Å². The summed E-state index contributed by atoms with van der Waals surface area (Å²) in [7, 11) is 1.31. The van der Waals surface area contributed by atoms with Crippen molar-refractivity contribution in [3.8, 4) is 5.69 Å². The first-order chi connectivity index (χ1) is 12.6. The SMILES string of the molecule is COC(=O)c1cc(C)ccc1NC(=O)Cc1ccc(-n2cnnn2)cc1. The van der Waals surface area contributed by atoms with Crippen molar-refractivity contribution in [3.63, 3.8) is 0 Å². The van der Waals surface area contributed by atoms with Crippen LogP contribution in [0.25, 0.3) is 5.69 Å². The van der Waals surface area contributed by atoms with Crippen LogP contribution in [0.2, 0.25) is 0 Å². The van der Waals surface area contributed by atoms with Crippen LogP contribution in [0.3, 0.4) is 0 Å². The van der Waals surface area contributed by atoms with Crippen molar-refractivity contribution in [2.75, 3.05) is 12.4 Å². The van der Waals surface area contributed by atoms with Gasteiger partial charge in [-0.2, -0.15) is 0 Å². The van der Waals surface area contributed by atoms with Gasteiger partial charge in [0.25, 0.3) is 0 Å². The summed E-state index contributed by atoms with van der Waals surface area (Å²) < 4.78 is 6.30. The zero-order valence-electron chi connectivity index (χ0n) is 14.3. The van der Waals surface area contributed by atoms with E-state index >= 15 is 0 Å². The molecule has 8 nitrogen and oxygen atoms in total. The highest BCUT2D eigenvalue weighted by Crippen LogP contribution is 2.19. The third kappa shape index (κ3) is 3.92. The number of methoxy groups -OCH3 is 1. The number of ether oxygens (including phenoxy) is 1. The fraction of sp³-hybridized carbons (Fsp3) is 0.167. The van der Waals surface area contributed by atoms with Crippen LogP contribution in [0.15, 0.2) is 48.8 Å². The van der Waals surface area contributed by atoms with Crippen LogP contribution in [-0.4, -0.2) is 39.2 Å². The first-order valence-corrected chi connectivity index (χ1v) is 7.88. The molecule has 3 rings (SSSR count). The quantitative estimate of drug-likeness (QED) is 0.705. The average molecular weight is 351 g/mol. The van der Waals surface area contributed by atoms with Crippen molar-refractivity contribution < 1.29 is 14.3 Å². The number of hydrogen-bond donors (Lipinski definition) is 1. The van der Waals surface area contributed by atoms with E-state index in [4.69, 9.17) is 4.74 Å². The summed E-state index contributed by atoms with van der Waals surface area (Å²) in [5.74, 6) is -0.719. The van der Waals surface area contributed by atoms with Crippen LogP contribution in [0, 0.1) is 6.92 Å². The Bertz CT molecular complexity index is 921. The number of benzene rings is 2. The molecule has 0 unspecified atom stereocenters. The molecule has 0 bridgehead atoms. The lowest BCUT2D eigenvalue weighted by atomic mass is 10.1. The molecule has 0 saturated heterocycles.